The van der Waals surface area contributed by atoms with Crippen LogP contribution in [0.3, 0.4) is 0 Å². The second-order valence-electron chi connectivity index (χ2n) is 4.10. The first kappa shape index (κ1) is 14.5. The van der Waals surface area contributed by atoms with E-state index in [4.69, 9.17) is 0 Å². The predicted octanol–water partition coefficient (Wildman–Crippen LogP) is 5.12. The highest BCUT2D eigenvalue weighted by atomic mass is 127. The van der Waals surface area contributed by atoms with Gasteiger partial charge in [-0.1, -0.05) is 25.1 Å². The van der Waals surface area contributed by atoms with Gasteiger partial charge in [0.2, 0.25) is 0 Å². The van der Waals surface area contributed by atoms with E-state index < -0.39 is 0 Å². The van der Waals surface area contributed by atoms with Gasteiger partial charge in [-0.3, -0.25) is 0 Å². The minimum absolute atomic E-state index is 0.274. The van der Waals surface area contributed by atoms with E-state index in [0.717, 1.165) is 6.54 Å². The monoisotopic (exact) mass is 435 g/mol. The highest BCUT2D eigenvalue weighted by molar-refractivity contribution is 14.1. The molecule has 1 aromatic heterocycles. The first-order chi connectivity index (χ1) is 8.65. The maximum absolute atomic E-state index is 3.65. The molecule has 18 heavy (non-hydrogen) atoms. The van der Waals surface area contributed by atoms with Crippen LogP contribution < -0.4 is 5.32 Å². The summed E-state index contributed by atoms with van der Waals surface area (Å²) in [6.07, 6.45) is 0. The van der Waals surface area contributed by atoms with Crippen LogP contribution in [0.4, 0.5) is 0 Å². The van der Waals surface area contributed by atoms with Crippen molar-refractivity contribution in [3.05, 3.63) is 53.7 Å². The first-order valence-corrected chi connectivity index (χ1v) is 8.61. The maximum atomic E-state index is 3.65. The summed E-state index contributed by atoms with van der Waals surface area (Å²) in [4.78, 5) is 1.35. The number of hydrogen-bond donors (Lipinski definition) is 1. The van der Waals surface area contributed by atoms with Crippen molar-refractivity contribution in [2.24, 2.45) is 0 Å². The molecule has 1 N–H and O–H groups in total. The Morgan fingerprint density at radius 1 is 1.39 bits per heavy atom. The molecule has 1 heterocycles. The Bertz CT molecular complexity index is 538. The highest BCUT2D eigenvalue weighted by Gasteiger charge is 2.19. The molecule has 0 spiro atoms. The van der Waals surface area contributed by atoms with Crippen LogP contribution in [0.15, 0.2) is 34.1 Å². The Hall–Kier alpha value is 0.0900. The fraction of sp³-hybridized carbons (Fsp3) is 0.286. The number of halogens is 2. The van der Waals surface area contributed by atoms with E-state index >= 15 is 0 Å². The summed E-state index contributed by atoms with van der Waals surface area (Å²) in [6.45, 7) is 5.27. The molecule has 0 amide bonds. The molecular weight excluding hydrogens is 421 g/mol. The zero-order valence-corrected chi connectivity index (χ0v) is 14.9. The molecule has 0 aliphatic carbocycles. The van der Waals surface area contributed by atoms with E-state index in [2.05, 4.69) is 87.3 Å². The highest BCUT2D eigenvalue weighted by Crippen LogP contribution is 2.35. The van der Waals surface area contributed by atoms with Crippen molar-refractivity contribution in [2.75, 3.05) is 6.54 Å². The molecule has 0 aliphatic heterocycles. The second kappa shape index (κ2) is 6.50. The Balaban J connectivity index is 2.48. The molecule has 0 saturated heterocycles. The van der Waals surface area contributed by atoms with Gasteiger partial charge in [0.05, 0.1) is 6.04 Å². The maximum Gasteiger partial charge on any atom is 0.0692 e. The fourth-order valence-electron chi connectivity index (χ4n) is 1.95. The first-order valence-electron chi connectivity index (χ1n) is 5.86. The minimum Gasteiger partial charge on any atom is -0.306 e. The molecule has 1 unspecified atom stereocenters. The molecule has 1 atom stereocenters. The molecule has 0 saturated carbocycles. The standard InChI is InChI=1S/C14H15BrINS/c1-3-17-13(14-11(15)7-8-18-14)10-6-4-5-9(2)12(10)16/h4-8,13,17H,3H2,1-2H3. The van der Waals surface area contributed by atoms with Crippen LogP contribution in [0.25, 0.3) is 0 Å². The largest absolute Gasteiger partial charge is 0.306 e. The van der Waals surface area contributed by atoms with Crippen molar-refractivity contribution in [2.45, 2.75) is 19.9 Å². The molecular formula is C14H15BrINS. The molecule has 4 heteroatoms. The second-order valence-corrected chi connectivity index (χ2v) is 6.98. The van der Waals surface area contributed by atoms with Crippen molar-refractivity contribution >= 4 is 49.9 Å². The Morgan fingerprint density at radius 2 is 2.17 bits per heavy atom. The summed E-state index contributed by atoms with van der Waals surface area (Å²) < 4.78 is 2.54. The number of aryl methyl sites for hydroxylation is 1. The average molecular weight is 436 g/mol. The number of hydrogen-bond acceptors (Lipinski definition) is 2. The molecule has 2 rings (SSSR count). The Kier molecular flexibility index (Phi) is 5.24. The SMILES string of the molecule is CCNC(c1cccc(C)c1I)c1sccc1Br. The average Bonchev–Trinajstić information content (AvgIpc) is 2.76. The van der Waals surface area contributed by atoms with Crippen molar-refractivity contribution in [3.63, 3.8) is 0 Å². The molecule has 2 aromatic rings. The van der Waals surface area contributed by atoms with Gasteiger partial charge in [-0.15, -0.1) is 11.3 Å². The van der Waals surface area contributed by atoms with Crippen molar-refractivity contribution in [1.82, 2.24) is 5.32 Å². The fourth-order valence-corrected chi connectivity index (χ4v) is 4.32. The van der Waals surface area contributed by atoms with E-state index in [1.165, 1.54) is 24.0 Å². The zero-order chi connectivity index (χ0) is 13.1. The number of nitrogens with one attached hydrogen (secondary N) is 1. The lowest BCUT2D eigenvalue weighted by Crippen LogP contribution is -2.22. The number of rotatable bonds is 4. The third-order valence-electron chi connectivity index (χ3n) is 2.85. The topological polar surface area (TPSA) is 12.0 Å². The van der Waals surface area contributed by atoms with E-state index in [1.54, 1.807) is 11.3 Å². The molecule has 0 fully saturated rings. The van der Waals surface area contributed by atoms with E-state index in [9.17, 15) is 0 Å². The summed E-state index contributed by atoms with van der Waals surface area (Å²) in [7, 11) is 0. The van der Waals surface area contributed by atoms with Gasteiger partial charge in [0.1, 0.15) is 0 Å². The van der Waals surface area contributed by atoms with Crippen LogP contribution >= 0.6 is 49.9 Å². The van der Waals surface area contributed by atoms with Gasteiger partial charge in [0.25, 0.3) is 0 Å². The number of benzene rings is 1. The van der Waals surface area contributed by atoms with Gasteiger partial charge < -0.3 is 5.32 Å². The van der Waals surface area contributed by atoms with Crippen LogP contribution in [-0.2, 0) is 0 Å². The van der Waals surface area contributed by atoms with Crippen LogP contribution in [-0.4, -0.2) is 6.54 Å². The van der Waals surface area contributed by atoms with Crippen LogP contribution in [0.1, 0.15) is 29.0 Å². The molecule has 1 nitrogen and oxygen atoms in total. The van der Waals surface area contributed by atoms with Crippen molar-refractivity contribution in [1.29, 1.82) is 0 Å². The lowest BCUT2D eigenvalue weighted by molar-refractivity contribution is 0.635. The van der Waals surface area contributed by atoms with Crippen LogP contribution in [0, 0.1) is 10.5 Å². The zero-order valence-electron chi connectivity index (χ0n) is 10.3. The van der Waals surface area contributed by atoms with Gasteiger partial charge in [-0.2, -0.15) is 0 Å². The minimum atomic E-state index is 0.274. The summed E-state index contributed by atoms with van der Waals surface area (Å²) in [5.74, 6) is 0. The Labute approximate surface area is 134 Å². The lowest BCUT2D eigenvalue weighted by Gasteiger charge is -2.20. The van der Waals surface area contributed by atoms with E-state index in [0.29, 0.717) is 0 Å². The van der Waals surface area contributed by atoms with Gasteiger partial charge in [-0.05, 0) is 74.6 Å². The predicted molar refractivity (Wildman–Crippen MR) is 91.4 cm³/mol. The number of thiophene rings is 1. The summed E-state index contributed by atoms with van der Waals surface area (Å²) in [6, 6.07) is 8.91. The van der Waals surface area contributed by atoms with Crippen molar-refractivity contribution in [3.8, 4) is 0 Å². The van der Waals surface area contributed by atoms with Gasteiger partial charge in [-0.25, -0.2) is 0 Å². The van der Waals surface area contributed by atoms with Gasteiger partial charge >= 0.3 is 0 Å². The van der Waals surface area contributed by atoms with E-state index in [-0.39, 0.29) is 6.04 Å². The van der Waals surface area contributed by atoms with Crippen LogP contribution in [0.2, 0.25) is 0 Å². The normalized spacial score (nSPS) is 12.7. The molecule has 0 radical (unpaired) electrons. The summed E-state index contributed by atoms with van der Waals surface area (Å²) in [5.41, 5.74) is 2.70. The van der Waals surface area contributed by atoms with Crippen molar-refractivity contribution < 1.29 is 0 Å². The third kappa shape index (κ3) is 2.98. The van der Waals surface area contributed by atoms with Gasteiger partial charge in [0, 0.05) is 12.9 Å². The summed E-state index contributed by atoms with van der Waals surface area (Å²) in [5, 5.41) is 5.72. The van der Waals surface area contributed by atoms with Gasteiger partial charge in [0.15, 0.2) is 0 Å². The molecule has 0 bridgehead atoms. The van der Waals surface area contributed by atoms with E-state index in [1.807, 2.05) is 0 Å². The smallest absolute Gasteiger partial charge is 0.0692 e. The molecule has 1 aromatic carbocycles. The summed E-state index contributed by atoms with van der Waals surface area (Å²) >= 11 is 7.89. The quantitative estimate of drug-likeness (QED) is 0.657. The molecule has 0 aliphatic rings. The molecule has 96 valence electrons. The third-order valence-corrected chi connectivity index (χ3v) is 6.26. The van der Waals surface area contributed by atoms with Crippen LogP contribution in [0.5, 0.6) is 0 Å². The lowest BCUT2D eigenvalue weighted by atomic mass is 10.0. The Morgan fingerprint density at radius 3 is 2.78 bits per heavy atom.